The third kappa shape index (κ3) is 4.22. The number of nitrogens with one attached hydrogen (secondary N) is 1. The van der Waals surface area contributed by atoms with Crippen LogP contribution in [0.3, 0.4) is 0 Å². The zero-order chi connectivity index (χ0) is 19.6. The summed E-state index contributed by atoms with van der Waals surface area (Å²) in [5.41, 5.74) is 3.32. The maximum Gasteiger partial charge on any atom is 0.269 e. The monoisotopic (exact) mass is 428 g/mol. The zero-order valence-corrected chi connectivity index (χ0v) is 16.4. The van der Waals surface area contributed by atoms with Gasteiger partial charge in [0.1, 0.15) is 5.82 Å². The van der Waals surface area contributed by atoms with Gasteiger partial charge < -0.3 is 5.32 Å². The molecule has 8 heteroatoms. The lowest BCUT2D eigenvalue weighted by atomic mass is 10.1. The summed E-state index contributed by atoms with van der Waals surface area (Å²) < 4.78 is 2.61. The molecule has 1 N–H and O–H groups in total. The molecule has 7 nitrogen and oxygen atoms in total. The fraction of sp³-hybridized carbons (Fsp3) is 0.158. The maximum atomic E-state index is 12.5. The summed E-state index contributed by atoms with van der Waals surface area (Å²) in [6.45, 7) is 1.89. The normalized spacial score (nSPS) is 10.6. The number of hydrogen-bond acceptors (Lipinski definition) is 4. The molecule has 27 heavy (non-hydrogen) atoms. The summed E-state index contributed by atoms with van der Waals surface area (Å²) in [4.78, 5) is 22.8. The number of aryl methyl sites for hydroxylation is 2. The number of anilines is 1. The molecule has 3 aromatic rings. The van der Waals surface area contributed by atoms with E-state index in [0.29, 0.717) is 11.4 Å². The molecule has 1 heterocycles. The lowest BCUT2D eigenvalue weighted by Gasteiger charge is -2.09. The molecule has 0 spiro atoms. The van der Waals surface area contributed by atoms with Crippen molar-refractivity contribution in [3.63, 3.8) is 0 Å². The van der Waals surface area contributed by atoms with Crippen LogP contribution >= 0.6 is 15.9 Å². The number of nitro benzene ring substituents is 1. The van der Waals surface area contributed by atoms with Crippen LogP contribution in [0.5, 0.6) is 0 Å². The first-order valence-corrected chi connectivity index (χ1v) is 8.97. The zero-order valence-electron chi connectivity index (χ0n) is 14.8. The van der Waals surface area contributed by atoms with Crippen LogP contribution < -0.4 is 5.32 Å². The van der Waals surface area contributed by atoms with Crippen molar-refractivity contribution in [3.8, 4) is 11.1 Å². The molecule has 0 unspecified atom stereocenters. The number of carbonyl (C=O) groups is 1. The highest BCUT2D eigenvalue weighted by molar-refractivity contribution is 9.10. The standard InChI is InChI=1S/C19H17BrN4O3/c1-12-18(14-5-7-15(20)8-6-14)19(23(2)22-12)21-17(25)11-13-3-9-16(10-4-13)24(26)27/h3-10H,11H2,1-2H3,(H,21,25). The minimum atomic E-state index is -0.466. The minimum absolute atomic E-state index is 0.000979. The van der Waals surface area contributed by atoms with Gasteiger partial charge in [0.2, 0.25) is 5.91 Å². The van der Waals surface area contributed by atoms with Gasteiger partial charge >= 0.3 is 0 Å². The minimum Gasteiger partial charge on any atom is -0.310 e. The van der Waals surface area contributed by atoms with E-state index in [-0.39, 0.29) is 18.0 Å². The molecule has 0 saturated carbocycles. The van der Waals surface area contributed by atoms with Gasteiger partial charge in [-0.25, -0.2) is 0 Å². The number of amides is 1. The maximum absolute atomic E-state index is 12.5. The number of benzene rings is 2. The number of nitro groups is 1. The van der Waals surface area contributed by atoms with Gasteiger partial charge in [0.05, 0.1) is 17.0 Å². The molecular formula is C19H17BrN4O3. The Kier molecular flexibility index (Phi) is 5.36. The van der Waals surface area contributed by atoms with Crippen molar-refractivity contribution >= 4 is 33.3 Å². The van der Waals surface area contributed by atoms with Crippen LogP contribution in [0.15, 0.2) is 53.0 Å². The smallest absolute Gasteiger partial charge is 0.269 e. The molecule has 1 amide bonds. The molecule has 2 aromatic carbocycles. The highest BCUT2D eigenvalue weighted by Crippen LogP contribution is 2.32. The second-order valence-corrected chi connectivity index (χ2v) is 7.00. The SMILES string of the molecule is Cc1nn(C)c(NC(=O)Cc2ccc([N+](=O)[O-])cc2)c1-c1ccc(Br)cc1. The molecule has 0 fully saturated rings. The summed E-state index contributed by atoms with van der Waals surface area (Å²) >= 11 is 3.42. The van der Waals surface area contributed by atoms with Gasteiger partial charge in [-0.1, -0.05) is 40.2 Å². The fourth-order valence-corrected chi connectivity index (χ4v) is 3.13. The quantitative estimate of drug-likeness (QED) is 0.485. The Balaban J connectivity index is 1.81. The van der Waals surface area contributed by atoms with Crippen molar-refractivity contribution in [2.24, 2.45) is 7.05 Å². The van der Waals surface area contributed by atoms with Crippen LogP contribution in [-0.2, 0) is 18.3 Å². The van der Waals surface area contributed by atoms with Crippen LogP contribution in [0.25, 0.3) is 11.1 Å². The van der Waals surface area contributed by atoms with E-state index in [1.807, 2.05) is 31.2 Å². The van der Waals surface area contributed by atoms with Crippen LogP contribution in [-0.4, -0.2) is 20.6 Å². The number of rotatable bonds is 5. The molecule has 0 aliphatic heterocycles. The number of halogens is 1. The van der Waals surface area contributed by atoms with Crippen molar-refractivity contribution in [3.05, 3.63) is 74.4 Å². The number of nitrogens with zero attached hydrogens (tertiary/aromatic N) is 3. The van der Waals surface area contributed by atoms with E-state index in [2.05, 4.69) is 26.3 Å². The summed E-state index contributed by atoms with van der Waals surface area (Å²) in [5.74, 6) is 0.395. The summed E-state index contributed by atoms with van der Waals surface area (Å²) in [7, 11) is 1.77. The predicted octanol–water partition coefficient (Wildman–Crippen LogP) is 4.25. The van der Waals surface area contributed by atoms with Crippen LogP contribution in [0.2, 0.25) is 0 Å². The van der Waals surface area contributed by atoms with Crippen LogP contribution in [0, 0.1) is 17.0 Å². The average Bonchev–Trinajstić information content (AvgIpc) is 2.89. The Morgan fingerprint density at radius 2 is 1.81 bits per heavy atom. The summed E-state index contributed by atoms with van der Waals surface area (Å²) in [5, 5.41) is 18.1. The van der Waals surface area contributed by atoms with E-state index >= 15 is 0 Å². The topological polar surface area (TPSA) is 90.1 Å². The Hall–Kier alpha value is -3.00. The van der Waals surface area contributed by atoms with Crippen molar-refractivity contribution in [2.45, 2.75) is 13.3 Å². The highest BCUT2D eigenvalue weighted by Gasteiger charge is 2.17. The van der Waals surface area contributed by atoms with Gasteiger partial charge in [-0.2, -0.15) is 5.10 Å². The molecule has 138 valence electrons. The van der Waals surface area contributed by atoms with Gasteiger partial charge in [0.25, 0.3) is 5.69 Å². The van der Waals surface area contributed by atoms with E-state index in [0.717, 1.165) is 21.3 Å². The Morgan fingerprint density at radius 1 is 1.19 bits per heavy atom. The predicted molar refractivity (Wildman–Crippen MR) is 107 cm³/mol. The van der Waals surface area contributed by atoms with E-state index in [1.54, 1.807) is 23.9 Å². The van der Waals surface area contributed by atoms with E-state index in [9.17, 15) is 14.9 Å². The van der Waals surface area contributed by atoms with Gasteiger partial charge in [-0.15, -0.1) is 0 Å². The van der Waals surface area contributed by atoms with Crippen molar-refractivity contribution < 1.29 is 9.72 Å². The van der Waals surface area contributed by atoms with Crippen molar-refractivity contribution in [1.29, 1.82) is 0 Å². The first-order valence-electron chi connectivity index (χ1n) is 8.18. The Morgan fingerprint density at radius 3 is 2.41 bits per heavy atom. The van der Waals surface area contributed by atoms with Gasteiger partial charge in [0.15, 0.2) is 0 Å². The van der Waals surface area contributed by atoms with Gasteiger partial charge in [-0.05, 0) is 30.2 Å². The lowest BCUT2D eigenvalue weighted by molar-refractivity contribution is -0.384. The van der Waals surface area contributed by atoms with Gasteiger partial charge in [-0.3, -0.25) is 19.6 Å². The molecule has 0 saturated heterocycles. The molecular weight excluding hydrogens is 412 g/mol. The number of carbonyl (C=O) groups excluding carboxylic acids is 1. The Labute approximate surface area is 164 Å². The molecule has 0 bridgehead atoms. The third-order valence-electron chi connectivity index (χ3n) is 4.12. The highest BCUT2D eigenvalue weighted by atomic mass is 79.9. The summed E-state index contributed by atoms with van der Waals surface area (Å²) in [6, 6.07) is 13.7. The molecule has 1 aromatic heterocycles. The first-order chi connectivity index (χ1) is 12.8. The average molecular weight is 429 g/mol. The molecule has 3 rings (SSSR count). The molecule has 0 atom stereocenters. The largest absolute Gasteiger partial charge is 0.310 e. The second kappa shape index (κ2) is 7.71. The van der Waals surface area contributed by atoms with Crippen LogP contribution in [0.4, 0.5) is 11.5 Å². The first kappa shape index (κ1) is 18.8. The number of aromatic nitrogens is 2. The van der Waals surface area contributed by atoms with E-state index in [4.69, 9.17) is 0 Å². The number of hydrogen-bond donors (Lipinski definition) is 1. The van der Waals surface area contributed by atoms with Crippen molar-refractivity contribution in [1.82, 2.24) is 9.78 Å². The second-order valence-electron chi connectivity index (χ2n) is 6.09. The molecule has 0 aliphatic carbocycles. The van der Waals surface area contributed by atoms with Gasteiger partial charge in [0, 0.05) is 29.2 Å². The van der Waals surface area contributed by atoms with E-state index < -0.39 is 4.92 Å². The van der Waals surface area contributed by atoms with E-state index in [1.165, 1.54) is 12.1 Å². The fourth-order valence-electron chi connectivity index (χ4n) is 2.86. The van der Waals surface area contributed by atoms with Crippen molar-refractivity contribution in [2.75, 3.05) is 5.32 Å². The van der Waals surface area contributed by atoms with Crippen LogP contribution in [0.1, 0.15) is 11.3 Å². The molecule has 0 radical (unpaired) electrons. The summed E-state index contributed by atoms with van der Waals surface area (Å²) in [6.07, 6.45) is 0.113. The molecule has 0 aliphatic rings. The Bertz CT molecular complexity index is 995. The number of non-ortho nitro benzene ring substituents is 1. The third-order valence-corrected chi connectivity index (χ3v) is 4.65. The lowest BCUT2D eigenvalue weighted by Crippen LogP contribution is -2.17.